The van der Waals surface area contributed by atoms with Gasteiger partial charge >= 0.3 is 12.1 Å². The van der Waals surface area contributed by atoms with E-state index in [1.807, 2.05) is 18.2 Å². The summed E-state index contributed by atoms with van der Waals surface area (Å²) < 4.78 is 17.9. The zero-order chi connectivity index (χ0) is 17.4. The van der Waals surface area contributed by atoms with E-state index in [-0.39, 0.29) is 18.8 Å². The van der Waals surface area contributed by atoms with Crippen LogP contribution < -0.4 is 5.32 Å². The SMILES string of the molecule is O=C(NC(CCc1ccc(F)cc1)C(=O)O)OCc1ccccc1. The van der Waals surface area contributed by atoms with E-state index < -0.39 is 18.1 Å². The van der Waals surface area contributed by atoms with Crippen LogP contribution in [-0.4, -0.2) is 23.2 Å². The van der Waals surface area contributed by atoms with Crippen molar-refractivity contribution in [1.29, 1.82) is 0 Å². The van der Waals surface area contributed by atoms with Crippen LogP contribution in [0.4, 0.5) is 9.18 Å². The van der Waals surface area contributed by atoms with Gasteiger partial charge in [0.05, 0.1) is 0 Å². The van der Waals surface area contributed by atoms with Gasteiger partial charge in [0.25, 0.3) is 0 Å². The van der Waals surface area contributed by atoms with E-state index in [1.165, 1.54) is 12.1 Å². The maximum atomic E-state index is 12.8. The predicted molar refractivity (Wildman–Crippen MR) is 85.9 cm³/mol. The van der Waals surface area contributed by atoms with Gasteiger partial charge in [0.15, 0.2) is 0 Å². The Bertz CT molecular complexity index is 673. The highest BCUT2D eigenvalue weighted by Gasteiger charge is 2.20. The van der Waals surface area contributed by atoms with Crippen LogP contribution in [0, 0.1) is 5.82 Å². The van der Waals surface area contributed by atoms with Crippen molar-refractivity contribution >= 4 is 12.1 Å². The fraction of sp³-hybridized carbons (Fsp3) is 0.222. The first-order chi connectivity index (χ1) is 11.5. The number of rotatable bonds is 7. The fourth-order valence-electron chi connectivity index (χ4n) is 2.13. The predicted octanol–water partition coefficient (Wildman–Crippen LogP) is 3.14. The molecule has 0 saturated carbocycles. The largest absolute Gasteiger partial charge is 0.480 e. The number of carboxylic acid groups (broad SMARTS) is 1. The second kappa shape index (κ2) is 8.67. The molecule has 0 heterocycles. The van der Waals surface area contributed by atoms with Gasteiger partial charge in [0.2, 0.25) is 0 Å². The van der Waals surface area contributed by atoms with E-state index in [0.29, 0.717) is 6.42 Å². The van der Waals surface area contributed by atoms with Gasteiger partial charge in [-0.3, -0.25) is 0 Å². The highest BCUT2D eigenvalue weighted by Crippen LogP contribution is 2.08. The molecular formula is C18H18FNO4. The Balaban J connectivity index is 1.82. The number of ether oxygens (including phenoxy) is 1. The van der Waals surface area contributed by atoms with E-state index in [4.69, 9.17) is 4.74 Å². The molecule has 0 aromatic heterocycles. The summed E-state index contributed by atoms with van der Waals surface area (Å²) in [7, 11) is 0. The van der Waals surface area contributed by atoms with Crippen molar-refractivity contribution < 1.29 is 23.8 Å². The molecule has 5 nitrogen and oxygen atoms in total. The summed E-state index contributed by atoms with van der Waals surface area (Å²) in [5.41, 5.74) is 1.60. The van der Waals surface area contributed by atoms with Crippen molar-refractivity contribution in [2.24, 2.45) is 0 Å². The summed E-state index contributed by atoms with van der Waals surface area (Å²) in [6, 6.07) is 13.8. The normalized spacial score (nSPS) is 11.5. The molecule has 2 aromatic rings. The van der Waals surface area contributed by atoms with Crippen LogP contribution >= 0.6 is 0 Å². The molecule has 0 bridgehead atoms. The minimum Gasteiger partial charge on any atom is -0.480 e. The Kier molecular flexibility index (Phi) is 6.31. The van der Waals surface area contributed by atoms with Crippen molar-refractivity contribution in [2.45, 2.75) is 25.5 Å². The van der Waals surface area contributed by atoms with Crippen LogP contribution in [0.5, 0.6) is 0 Å². The third-order valence-electron chi connectivity index (χ3n) is 3.44. The first-order valence-electron chi connectivity index (χ1n) is 7.49. The molecule has 2 rings (SSSR count). The molecule has 0 spiro atoms. The van der Waals surface area contributed by atoms with Gasteiger partial charge in [-0.1, -0.05) is 42.5 Å². The maximum absolute atomic E-state index is 12.8. The number of nitrogens with one attached hydrogen (secondary N) is 1. The molecule has 6 heteroatoms. The molecule has 1 atom stereocenters. The maximum Gasteiger partial charge on any atom is 0.408 e. The van der Waals surface area contributed by atoms with Crippen LogP contribution in [0.1, 0.15) is 17.5 Å². The van der Waals surface area contributed by atoms with Gasteiger partial charge in [-0.15, -0.1) is 0 Å². The van der Waals surface area contributed by atoms with Crippen LogP contribution in [0.25, 0.3) is 0 Å². The molecule has 0 aliphatic rings. The van der Waals surface area contributed by atoms with E-state index in [1.54, 1.807) is 24.3 Å². The zero-order valence-electron chi connectivity index (χ0n) is 12.9. The third-order valence-corrected chi connectivity index (χ3v) is 3.44. The lowest BCUT2D eigenvalue weighted by Crippen LogP contribution is -2.41. The molecule has 2 aromatic carbocycles. The van der Waals surface area contributed by atoms with Crippen LogP contribution in [0.15, 0.2) is 54.6 Å². The lowest BCUT2D eigenvalue weighted by molar-refractivity contribution is -0.139. The minimum atomic E-state index is -1.14. The number of carbonyl (C=O) groups is 2. The fourth-order valence-corrected chi connectivity index (χ4v) is 2.13. The quantitative estimate of drug-likeness (QED) is 0.817. The van der Waals surface area contributed by atoms with Crippen molar-refractivity contribution in [3.63, 3.8) is 0 Å². The molecule has 0 aliphatic heterocycles. The Morgan fingerprint density at radius 2 is 1.71 bits per heavy atom. The van der Waals surface area contributed by atoms with Crippen molar-refractivity contribution in [2.75, 3.05) is 0 Å². The van der Waals surface area contributed by atoms with Gasteiger partial charge in [-0.05, 0) is 36.1 Å². The summed E-state index contributed by atoms with van der Waals surface area (Å²) in [6.45, 7) is 0.0664. The molecule has 1 amide bonds. The van der Waals surface area contributed by atoms with Crippen molar-refractivity contribution in [3.05, 3.63) is 71.5 Å². The van der Waals surface area contributed by atoms with Crippen LogP contribution in [0.3, 0.4) is 0 Å². The Morgan fingerprint density at radius 1 is 1.04 bits per heavy atom. The first-order valence-corrected chi connectivity index (χ1v) is 7.49. The molecule has 0 saturated heterocycles. The number of aryl methyl sites for hydroxylation is 1. The van der Waals surface area contributed by atoms with Gasteiger partial charge in [0, 0.05) is 0 Å². The number of carboxylic acids is 1. The summed E-state index contributed by atoms with van der Waals surface area (Å²) in [6.07, 6.45) is -0.206. The Morgan fingerprint density at radius 3 is 2.33 bits per heavy atom. The summed E-state index contributed by atoms with van der Waals surface area (Å²) in [5, 5.41) is 11.5. The highest BCUT2D eigenvalue weighted by atomic mass is 19.1. The molecule has 0 aliphatic carbocycles. The van der Waals surface area contributed by atoms with E-state index >= 15 is 0 Å². The lowest BCUT2D eigenvalue weighted by Gasteiger charge is -2.14. The Labute approximate surface area is 139 Å². The molecule has 1 unspecified atom stereocenters. The third kappa shape index (κ3) is 5.72. The number of carbonyl (C=O) groups excluding carboxylic acids is 1. The van der Waals surface area contributed by atoms with Gasteiger partial charge in [0.1, 0.15) is 18.5 Å². The molecular weight excluding hydrogens is 313 g/mol. The molecule has 0 fully saturated rings. The average Bonchev–Trinajstić information content (AvgIpc) is 2.59. The monoisotopic (exact) mass is 331 g/mol. The zero-order valence-corrected chi connectivity index (χ0v) is 12.9. The van der Waals surface area contributed by atoms with Crippen molar-refractivity contribution in [3.8, 4) is 0 Å². The second-order valence-electron chi connectivity index (χ2n) is 5.26. The average molecular weight is 331 g/mol. The summed E-state index contributed by atoms with van der Waals surface area (Å²) in [4.78, 5) is 23.0. The molecule has 2 N–H and O–H groups in total. The molecule has 126 valence electrons. The first kappa shape index (κ1) is 17.5. The molecule has 24 heavy (non-hydrogen) atoms. The number of alkyl carbamates (subject to hydrolysis) is 1. The van der Waals surface area contributed by atoms with Gasteiger partial charge in [-0.2, -0.15) is 0 Å². The van der Waals surface area contributed by atoms with Crippen LogP contribution in [-0.2, 0) is 22.6 Å². The minimum absolute atomic E-state index is 0.0664. The standard InChI is InChI=1S/C18H18FNO4/c19-15-9-6-13(7-10-15)8-11-16(17(21)22)20-18(23)24-12-14-4-2-1-3-5-14/h1-7,9-10,16H,8,11-12H2,(H,20,23)(H,21,22). The number of amides is 1. The smallest absolute Gasteiger partial charge is 0.408 e. The number of hydrogen-bond donors (Lipinski definition) is 2. The van der Waals surface area contributed by atoms with Crippen LogP contribution in [0.2, 0.25) is 0 Å². The lowest BCUT2D eigenvalue weighted by atomic mass is 10.1. The number of halogens is 1. The van der Waals surface area contributed by atoms with E-state index in [9.17, 15) is 19.1 Å². The second-order valence-corrected chi connectivity index (χ2v) is 5.26. The summed E-state index contributed by atoms with van der Waals surface area (Å²) in [5.74, 6) is -1.50. The Hall–Kier alpha value is -2.89. The number of benzene rings is 2. The van der Waals surface area contributed by atoms with E-state index in [2.05, 4.69) is 5.32 Å². The highest BCUT2D eigenvalue weighted by molar-refractivity contribution is 5.79. The molecule has 0 radical (unpaired) electrons. The summed E-state index contributed by atoms with van der Waals surface area (Å²) >= 11 is 0. The topological polar surface area (TPSA) is 75.6 Å². The van der Waals surface area contributed by atoms with Gasteiger partial charge < -0.3 is 15.2 Å². The number of aliphatic carboxylic acids is 1. The van der Waals surface area contributed by atoms with E-state index in [0.717, 1.165) is 11.1 Å². The van der Waals surface area contributed by atoms with Gasteiger partial charge in [-0.25, -0.2) is 14.0 Å². The van der Waals surface area contributed by atoms with Crippen molar-refractivity contribution in [1.82, 2.24) is 5.32 Å². The number of hydrogen-bond acceptors (Lipinski definition) is 3.